The molecule has 0 radical (unpaired) electrons. The van der Waals surface area contributed by atoms with Crippen LogP contribution >= 0.6 is 0 Å². The van der Waals surface area contributed by atoms with Gasteiger partial charge in [-0.15, -0.1) is 0 Å². The molecule has 0 aromatic carbocycles. The summed E-state index contributed by atoms with van der Waals surface area (Å²) in [6.07, 6.45) is -1.08. The van der Waals surface area contributed by atoms with Gasteiger partial charge in [-0.3, -0.25) is 4.99 Å². The minimum Gasteiger partial charge on any atom is -0.357 e. The maximum atomic E-state index is 12.6. The standard InChI is InChI=1S/C15H26F3N3/c1-3-19-14(21-13-8-10(13)2)20-9-11-4-6-12(7-5-11)15(16,17)18/h10-13H,3-9H2,1-2H3,(H2,19,20,21). The van der Waals surface area contributed by atoms with Crippen LogP contribution in [0.5, 0.6) is 0 Å². The average Bonchev–Trinajstić information content (AvgIpc) is 3.11. The number of hydrogen-bond acceptors (Lipinski definition) is 1. The molecule has 21 heavy (non-hydrogen) atoms. The third-order valence-electron chi connectivity index (χ3n) is 4.59. The fraction of sp³-hybridized carbons (Fsp3) is 0.933. The van der Waals surface area contributed by atoms with Crippen molar-refractivity contribution in [2.75, 3.05) is 13.1 Å². The molecule has 2 aliphatic rings. The summed E-state index contributed by atoms with van der Waals surface area (Å²) in [5.74, 6) is 0.688. The van der Waals surface area contributed by atoms with Crippen molar-refractivity contribution >= 4 is 5.96 Å². The lowest BCUT2D eigenvalue weighted by atomic mass is 9.82. The van der Waals surface area contributed by atoms with Crippen molar-refractivity contribution in [1.82, 2.24) is 10.6 Å². The molecule has 2 rings (SSSR count). The highest BCUT2D eigenvalue weighted by Crippen LogP contribution is 2.39. The number of rotatable bonds is 4. The number of nitrogens with one attached hydrogen (secondary N) is 2. The Balaban J connectivity index is 1.77. The Morgan fingerprint density at radius 2 is 1.81 bits per heavy atom. The molecule has 0 saturated heterocycles. The minimum absolute atomic E-state index is 0.257. The molecule has 0 heterocycles. The van der Waals surface area contributed by atoms with Gasteiger partial charge in [0.2, 0.25) is 0 Å². The van der Waals surface area contributed by atoms with Gasteiger partial charge in [0.15, 0.2) is 5.96 Å². The fourth-order valence-electron chi connectivity index (χ4n) is 2.91. The van der Waals surface area contributed by atoms with Crippen LogP contribution in [-0.2, 0) is 0 Å². The van der Waals surface area contributed by atoms with Crippen molar-refractivity contribution in [1.29, 1.82) is 0 Å². The molecule has 3 nitrogen and oxygen atoms in total. The lowest BCUT2D eigenvalue weighted by Gasteiger charge is -2.29. The van der Waals surface area contributed by atoms with Crippen molar-refractivity contribution in [3.63, 3.8) is 0 Å². The van der Waals surface area contributed by atoms with Crippen LogP contribution in [0.15, 0.2) is 4.99 Å². The number of hydrogen-bond donors (Lipinski definition) is 2. The van der Waals surface area contributed by atoms with Crippen molar-refractivity contribution in [3.05, 3.63) is 0 Å². The summed E-state index contributed by atoms with van der Waals surface area (Å²) < 4.78 is 37.9. The summed E-state index contributed by atoms with van der Waals surface area (Å²) in [6, 6.07) is 0.503. The summed E-state index contributed by atoms with van der Waals surface area (Å²) in [5, 5.41) is 6.58. The summed E-state index contributed by atoms with van der Waals surface area (Å²) >= 11 is 0. The molecule has 0 aromatic heterocycles. The van der Waals surface area contributed by atoms with E-state index in [0.29, 0.717) is 31.3 Å². The molecule has 0 amide bonds. The van der Waals surface area contributed by atoms with Crippen LogP contribution in [0.4, 0.5) is 13.2 Å². The van der Waals surface area contributed by atoms with Gasteiger partial charge in [0.05, 0.1) is 5.92 Å². The lowest BCUT2D eigenvalue weighted by Crippen LogP contribution is -2.39. The lowest BCUT2D eigenvalue weighted by molar-refractivity contribution is -0.183. The van der Waals surface area contributed by atoms with Crippen LogP contribution in [0.2, 0.25) is 0 Å². The van der Waals surface area contributed by atoms with Gasteiger partial charge in [-0.25, -0.2) is 0 Å². The van der Waals surface area contributed by atoms with Crippen LogP contribution in [-0.4, -0.2) is 31.3 Å². The zero-order chi connectivity index (χ0) is 15.5. The number of alkyl halides is 3. The van der Waals surface area contributed by atoms with Gasteiger partial charge in [-0.2, -0.15) is 13.2 Å². The van der Waals surface area contributed by atoms with Gasteiger partial charge in [-0.1, -0.05) is 6.92 Å². The highest BCUT2D eigenvalue weighted by Gasteiger charge is 2.41. The number of halogens is 3. The Hall–Kier alpha value is -0.940. The van der Waals surface area contributed by atoms with Gasteiger partial charge >= 0.3 is 6.18 Å². The molecule has 2 atom stereocenters. The van der Waals surface area contributed by atoms with Gasteiger partial charge < -0.3 is 10.6 Å². The van der Waals surface area contributed by atoms with E-state index in [1.807, 2.05) is 6.92 Å². The molecule has 0 bridgehead atoms. The molecule has 122 valence electrons. The summed E-state index contributed by atoms with van der Waals surface area (Å²) in [6.45, 7) is 5.64. The number of guanidine groups is 1. The van der Waals surface area contributed by atoms with E-state index >= 15 is 0 Å². The van der Waals surface area contributed by atoms with Crippen molar-refractivity contribution in [2.45, 2.75) is 58.2 Å². The SMILES string of the molecule is CCNC(=NCC1CCC(C(F)(F)F)CC1)NC1CC1C. The van der Waals surface area contributed by atoms with E-state index in [0.717, 1.165) is 12.5 Å². The van der Waals surface area contributed by atoms with Crippen molar-refractivity contribution < 1.29 is 13.2 Å². The van der Waals surface area contributed by atoms with E-state index in [-0.39, 0.29) is 18.8 Å². The van der Waals surface area contributed by atoms with Crippen LogP contribution in [0, 0.1) is 17.8 Å². The van der Waals surface area contributed by atoms with Crippen LogP contribution in [0.3, 0.4) is 0 Å². The molecule has 6 heteroatoms. The van der Waals surface area contributed by atoms with E-state index in [1.165, 1.54) is 6.42 Å². The first kappa shape index (κ1) is 16.4. The smallest absolute Gasteiger partial charge is 0.357 e. The van der Waals surface area contributed by atoms with E-state index < -0.39 is 12.1 Å². The average molecular weight is 305 g/mol. The van der Waals surface area contributed by atoms with Gasteiger partial charge in [0.1, 0.15) is 0 Å². The monoisotopic (exact) mass is 305 g/mol. The molecule has 0 aliphatic heterocycles. The number of nitrogens with zero attached hydrogens (tertiary/aromatic N) is 1. The Bertz CT molecular complexity index is 360. The van der Waals surface area contributed by atoms with E-state index in [1.54, 1.807) is 0 Å². The molecule has 2 unspecified atom stereocenters. The Morgan fingerprint density at radius 1 is 1.19 bits per heavy atom. The van der Waals surface area contributed by atoms with Crippen LogP contribution < -0.4 is 10.6 Å². The zero-order valence-electron chi connectivity index (χ0n) is 12.8. The van der Waals surface area contributed by atoms with Crippen molar-refractivity contribution in [3.8, 4) is 0 Å². The third-order valence-corrected chi connectivity index (χ3v) is 4.59. The maximum absolute atomic E-state index is 12.6. The molecule has 2 N–H and O–H groups in total. The zero-order valence-corrected chi connectivity index (χ0v) is 12.8. The molecule has 2 aliphatic carbocycles. The van der Waals surface area contributed by atoms with Gasteiger partial charge in [0.25, 0.3) is 0 Å². The summed E-state index contributed by atoms with van der Waals surface area (Å²) in [7, 11) is 0. The molecular formula is C15H26F3N3. The Morgan fingerprint density at radius 3 is 2.29 bits per heavy atom. The highest BCUT2D eigenvalue weighted by molar-refractivity contribution is 5.80. The quantitative estimate of drug-likeness (QED) is 0.617. The predicted octanol–water partition coefficient (Wildman–Crippen LogP) is 3.32. The molecule has 0 aromatic rings. The highest BCUT2D eigenvalue weighted by atomic mass is 19.4. The maximum Gasteiger partial charge on any atom is 0.391 e. The predicted molar refractivity (Wildman–Crippen MR) is 78.2 cm³/mol. The second-order valence-electron chi connectivity index (χ2n) is 6.44. The molecule has 0 spiro atoms. The Labute approximate surface area is 124 Å². The molecule has 2 fully saturated rings. The minimum atomic E-state index is -4.02. The van der Waals surface area contributed by atoms with Crippen molar-refractivity contribution in [2.24, 2.45) is 22.7 Å². The molecular weight excluding hydrogens is 279 g/mol. The first-order valence-electron chi connectivity index (χ1n) is 8.01. The second kappa shape index (κ2) is 6.88. The topological polar surface area (TPSA) is 36.4 Å². The van der Waals surface area contributed by atoms with E-state index in [2.05, 4.69) is 22.5 Å². The van der Waals surface area contributed by atoms with Crippen LogP contribution in [0.1, 0.15) is 46.0 Å². The third kappa shape index (κ3) is 5.08. The summed E-state index contributed by atoms with van der Waals surface area (Å²) in [5.41, 5.74) is 0. The second-order valence-corrected chi connectivity index (χ2v) is 6.44. The van der Waals surface area contributed by atoms with E-state index in [9.17, 15) is 13.2 Å². The number of aliphatic imine (C=N–C) groups is 1. The fourth-order valence-corrected chi connectivity index (χ4v) is 2.91. The van der Waals surface area contributed by atoms with E-state index in [4.69, 9.17) is 0 Å². The largest absolute Gasteiger partial charge is 0.391 e. The Kier molecular flexibility index (Phi) is 5.38. The first-order chi connectivity index (χ1) is 9.90. The molecule has 2 saturated carbocycles. The van der Waals surface area contributed by atoms with Gasteiger partial charge in [0, 0.05) is 19.1 Å². The summed E-state index contributed by atoms with van der Waals surface area (Å²) in [4.78, 5) is 4.55. The normalized spacial score (nSPS) is 33.7. The van der Waals surface area contributed by atoms with Gasteiger partial charge in [-0.05, 0) is 50.9 Å². The van der Waals surface area contributed by atoms with Crippen LogP contribution in [0.25, 0.3) is 0 Å². The first-order valence-corrected chi connectivity index (χ1v) is 8.01.